The number of nitrogens with one attached hydrogen (secondary N) is 1. The van der Waals surface area contributed by atoms with Gasteiger partial charge in [-0.1, -0.05) is 80.2 Å². The summed E-state index contributed by atoms with van der Waals surface area (Å²) in [6, 6.07) is 27.9. The van der Waals surface area contributed by atoms with Gasteiger partial charge in [0.2, 0.25) is 11.8 Å². The molecule has 2 aliphatic heterocycles. The maximum Gasteiger partial charge on any atom is 0.410 e. The lowest BCUT2D eigenvalue weighted by molar-refractivity contribution is -0.126. The van der Waals surface area contributed by atoms with Crippen LogP contribution in [0.4, 0.5) is 16.2 Å². The van der Waals surface area contributed by atoms with Crippen LogP contribution in [0.15, 0.2) is 107 Å². The number of carbonyl (C=O) groups is 3. The van der Waals surface area contributed by atoms with Gasteiger partial charge < -0.3 is 14.5 Å². The molecule has 47 heavy (non-hydrogen) atoms. The third-order valence-electron chi connectivity index (χ3n) is 8.61. The minimum atomic E-state index is -0.613. The smallest absolute Gasteiger partial charge is 0.410 e. The van der Waals surface area contributed by atoms with Gasteiger partial charge in [-0.3, -0.25) is 19.4 Å². The molecule has 10 heteroatoms. The second kappa shape index (κ2) is 14.7. The zero-order valence-electron chi connectivity index (χ0n) is 26.5. The number of thioether (sulfide) groups is 1. The molecule has 1 aromatic heterocycles. The van der Waals surface area contributed by atoms with E-state index in [0.717, 1.165) is 29.7 Å². The van der Waals surface area contributed by atoms with Gasteiger partial charge in [0.25, 0.3) is 0 Å². The Morgan fingerprint density at radius 3 is 2.49 bits per heavy atom. The number of carbonyl (C=O) groups excluding carboxylic acids is 3. The molecular formula is C37H38N4O5S. The quantitative estimate of drug-likeness (QED) is 0.186. The highest BCUT2D eigenvalue weighted by Gasteiger charge is 2.40. The Morgan fingerprint density at radius 2 is 1.79 bits per heavy atom. The van der Waals surface area contributed by atoms with Gasteiger partial charge in [-0.2, -0.15) is 0 Å². The third-order valence-corrected chi connectivity index (χ3v) is 9.85. The first-order valence-corrected chi connectivity index (χ1v) is 16.8. The fourth-order valence-corrected chi connectivity index (χ4v) is 6.88. The lowest BCUT2D eigenvalue weighted by Gasteiger charge is -2.23. The zero-order chi connectivity index (χ0) is 32.8. The highest BCUT2D eigenvalue weighted by Crippen LogP contribution is 2.41. The number of hydrogen-bond donors (Lipinski definition) is 1. The molecule has 3 aromatic carbocycles. The normalized spacial score (nSPS) is 19.3. The molecule has 0 bridgehead atoms. The number of likely N-dealkylation sites (tertiary alicyclic amines) is 1. The Morgan fingerprint density at radius 1 is 1.02 bits per heavy atom. The number of nitrogens with zero attached hydrogens (tertiary/aromatic N) is 3. The predicted octanol–water partition coefficient (Wildman–Crippen LogP) is 8.04. The average Bonchev–Trinajstić information content (AvgIpc) is 3.87. The van der Waals surface area contributed by atoms with Gasteiger partial charge in [0, 0.05) is 12.2 Å². The van der Waals surface area contributed by atoms with Crippen LogP contribution in [0.5, 0.6) is 0 Å². The van der Waals surface area contributed by atoms with Crippen LogP contribution in [0.1, 0.15) is 66.7 Å². The van der Waals surface area contributed by atoms with E-state index in [0.29, 0.717) is 35.5 Å². The van der Waals surface area contributed by atoms with Gasteiger partial charge in [-0.05, 0) is 78.3 Å². The standard InChI is InChI=1S/C37H38N4O5S/c1-3-25(2)27-13-17-30(18-14-27)39-36-41(23-31-11-8-22-45-31)35(43)33(47-36)28-15-19-29(20-16-28)38-34(42)32-12-7-21-40(32)37(44)46-24-26-9-5-4-6-10-26/h4-6,8-11,13-20,22,25,32-33H,3,7,12,21,23-24H2,1-2H3,(H,38,42)/t25?,32-,33?/m1/s1. The first-order chi connectivity index (χ1) is 22.9. The van der Waals surface area contributed by atoms with Crippen LogP contribution < -0.4 is 5.32 Å². The number of benzene rings is 3. The fourth-order valence-electron chi connectivity index (χ4n) is 5.71. The number of anilines is 1. The van der Waals surface area contributed by atoms with E-state index in [1.807, 2.05) is 60.7 Å². The maximum atomic E-state index is 13.8. The average molecular weight is 651 g/mol. The highest BCUT2D eigenvalue weighted by molar-refractivity contribution is 8.15. The molecule has 1 N–H and O–H groups in total. The molecule has 4 aromatic rings. The molecule has 0 saturated carbocycles. The summed E-state index contributed by atoms with van der Waals surface area (Å²) in [5.74, 6) is 0.776. The number of ether oxygens (including phenoxy) is 1. The molecule has 0 spiro atoms. The van der Waals surface area contributed by atoms with Crippen molar-refractivity contribution < 1.29 is 23.5 Å². The molecule has 3 heterocycles. The molecule has 2 unspecified atom stereocenters. The van der Waals surface area contributed by atoms with Crippen molar-refractivity contribution in [3.8, 4) is 0 Å². The number of amides is 3. The minimum absolute atomic E-state index is 0.0891. The predicted molar refractivity (Wildman–Crippen MR) is 183 cm³/mol. The summed E-state index contributed by atoms with van der Waals surface area (Å²) in [4.78, 5) is 47.8. The Balaban J connectivity index is 1.12. The summed E-state index contributed by atoms with van der Waals surface area (Å²) >= 11 is 1.40. The maximum absolute atomic E-state index is 13.8. The van der Waals surface area contributed by atoms with E-state index < -0.39 is 17.4 Å². The molecule has 2 saturated heterocycles. The van der Waals surface area contributed by atoms with Crippen LogP contribution in [0, 0.1) is 0 Å². The Kier molecular flexibility index (Phi) is 10.1. The Labute approximate surface area is 279 Å². The van der Waals surface area contributed by atoms with Gasteiger partial charge in [0.1, 0.15) is 23.7 Å². The number of hydrogen-bond acceptors (Lipinski definition) is 7. The van der Waals surface area contributed by atoms with Crippen molar-refractivity contribution >= 4 is 46.2 Å². The van der Waals surface area contributed by atoms with Gasteiger partial charge in [0.05, 0.1) is 18.5 Å². The van der Waals surface area contributed by atoms with Crippen LogP contribution in [-0.2, 0) is 27.5 Å². The molecule has 2 aliphatic rings. The van der Waals surface area contributed by atoms with Crippen LogP contribution in [0.25, 0.3) is 0 Å². The number of rotatable bonds is 10. The van der Waals surface area contributed by atoms with E-state index in [1.165, 1.54) is 22.2 Å². The second-order valence-electron chi connectivity index (χ2n) is 11.8. The van der Waals surface area contributed by atoms with E-state index in [9.17, 15) is 14.4 Å². The highest BCUT2D eigenvalue weighted by atomic mass is 32.2. The third kappa shape index (κ3) is 7.60. The topological polar surface area (TPSA) is 104 Å². The Hall–Kier alpha value is -4.83. The summed E-state index contributed by atoms with van der Waals surface area (Å²) in [5.41, 5.74) is 4.31. The number of furan rings is 1. The molecule has 3 amide bonds. The Bertz CT molecular complexity index is 1710. The van der Waals surface area contributed by atoms with Gasteiger partial charge in [-0.25, -0.2) is 9.79 Å². The van der Waals surface area contributed by atoms with Crippen molar-refractivity contribution in [2.45, 2.75) is 63.5 Å². The second-order valence-corrected chi connectivity index (χ2v) is 12.9. The van der Waals surface area contributed by atoms with Crippen molar-refractivity contribution in [2.24, 2.45) is 4.99 Å². The summed E-state index contributed by atoms with van der Waals surface area (Å²) in [6.07, 6.45) is 3.44. The lowest BCUT2D eigenvalue weighted by Crippen LogP contribution is -2.43. The van der Waals surface area contributed by atoms with Crippen LogP contribution in [0.3, 0.4) is 0 Å². The number of amidine groups is 1. The largest absolute Gasteiger partial charge is 0.467 e. The molecule has 242 valence electrons. The zero-order valence-corrected chi connectivity index (χ0v) is 27.3. The first kappa shape index (κ1) is 32.1. The van der Waals surface area contributed by atoms with Gasteiger partial charge >= 0.3 is 6.09 Å². The number of aliphatic imine (C=N–C) groups is 1. The summed E-state index contributed by atoms with van der Waals surface area (Å²) < 4.78 is 11.0. The van der Waals surface area contributed by atoms with Crippen molar-refractivity contribution in [1.29, 1.82) is 0 Å². The van der Waals surface area contributed by atoms with Crippen molar-refractivity contribution in [2.75, 3.05) is 11.9 Å². The monoisotopic (exact) mass is 650 g/mol. The molecule has 0 aliphatic carbocycles. The van der Waals surface area contributed by atoms with E-state index in [2.05, 4.69) is 31.3 Å². The van der Waals surface area contributed by atoms with Crippen molar-refractivity contribution in [3.63, 3.8) is 0 Å². The molecule has 2 fully saturated rings. The summed E-state index contributed by atoms with van der Waals surface area (Å²) in [5, 5.41) is 3.04. The van der Waals surface area contributed by atoms with Crippen LogP contribution in [-0.4, -0.2) is 45.5 Å². The van der Waals surface area contributed by atoms with Crippen LogP contribution in [0.2, 0.25) is 0 Å². The minimum Gasteiger partial charge on any atom is -0.467 e. The van der Waals surface area contributed by atoms with Crippen molar-refractivity contribution in [3.05, 3.63) is 120 Å². The molecule has 0 radical (unpaired) electrons. The molecule has 9 nitrogen and oxygen atoms in total. The summed E-state index contributed by atoms with van der Waals surface area (Å²) in [7, 11) is 0. The first-order valence-electron chi connectivity index (χ1n) is 16.0. The molecule has 6 rings (SSSR count). The van der Waals surface area contributed by atoms with E-state index in [-0.39, 0.29) is 25.0 Å². The lowest BCUT2D eigenvalue weighted by atomic mass is 9.99. The SMILES string of the molecule is CCC(C)c1ccc(N=C2SC(c3ccc(NC(=O)[C@H]4CCCN4C(=O)OCc4ccccc4)cc3)C(=O)N2Cc2ccco2)cc1. The van der Waals surface area contributed by atoms with E-state index >= 15 is 0 Å². The molecular weight excluding hydrogens is 612 g/mol. The van der Waals surface area contributed by atoms with Crippen LogP contribution >= 0.6 is 11.8 Å². The molecule has 3 atom stereocenters. The van der Waals surface area contributed by atoms with Gasteiger partial charge in [-0.15, -0.1) is 0 Å². The van der Waals surface area contributed by atoms with E-state index in [1.54, 1.807) is 29.4 Å². The van der Waals surface area contributed by atoms with Gasteiger partial charge in [0.15, 0.2) is 5.17 Å². The fraction of sp³-hybridized carbons (Fsp3) is 0.297. The van der Waals surface area contributed by atoms with Crippen molar-refractivity contribution in [1.82, 2.24) is 9.80 Å². The van der Waals surface area contributed by atoms with E-state index in [4.69, 9.17) is 14.1 Å². The summed E-state index contributed by atoms with van der Waals surface area (Å²) in [6.45, 7) is 5.26.